The molecule has 1 atom stereocenters. The van der Waals surface area contributed by atoms with Crippen LogP contribution in [0.1, 0.15) is 35.0 Å². The number of anilines is 2. The first-order valence-electron chi connectivity index (χ1n) is 16.2. The lowest BCUT2D eigenvalue weighted by atomic mass is 10.1. The molecule has 0 aliphatic heterocycles. The summed E-state index contributed by atoms with van der Waals surface area (Å²) in [6, 6.07) is 30.0. The number of ether oxygens (including phenoxy) is 2. The van der Waals surface area contributed by atoms with Gasteiger partial charge in [-0.15, -0.1) is 11.8 Å². The molecular formula is C39H39N5O6S. The van der Waals surface area contributed by atoms with Crippen molar-refractivity contribution in [2.45, 2.75) is 30.4 Å². The molecule has 1 heterocycles. The molecule has 0 bridgehead atoms. The molecule has 3 N–H and O–H groups in total. The summed E-state index contributed by atoms with van der Waals surface area (Å²) in [5, 5.41) is 7.94. The van der Waals surface area contributed by atoms with Crippen LogP contribution >= 0.6 is 11.8 Å². The number of rotatable bonds is 13. The van der Waals surface area contributed by atoms with Crippen LogP contribution in [0.5, 0.6) is 11.5 Å². The van der Waals surface area contributed by atoms with E-state index in [1.54, 1.807) is 91.5 Å². The van der Waals surface area contributed by atoms with Crippen molar-refractivity contribution in [2.24, 2.45) is 7.05 Å². The fourth-order valence-corrected chi connectivity index (χ4v) is 6.31. The summed E-state index contributed by atoms with van der Waals surface area (Å²) in [6.07, 6.45) is 2.03. The molecule has 0 fully saturated rings. The van der Waals surface area contributed by atoms with Gasteiger partial charge in [0, 0.05) is 23.2 Å². The van der Waals surface area contributed by atoms with Crippen LogP contribution in [0.2, 0.25) is 0 Å². The summed E-state index contributed by atoms with van der Waals surface area (Å²) in [5.74, 6) is -0.348. The van der Waals surface area contributed by atoms with E-state index in [2.05, 4.69) is 16.0 Å². The van der Waals surface area contributed by atoms with Crippen molar-refractivity contribution in [3.05, 3.63) is 136 Å². The highest BCUT2D eigenvalue weighted by atomic mass is 32.2. The van der Waals surface area contributed by atoms with Gasteiger partial charge in [0.15, 0.2) is 11.5 Å². The third-order valence-corrected chi connectivity index (χ3v) is 9.44. The Morgan fingerprint density at radius 3 is 2.20 bits per heavy atom. The third kappa shape index (κ3) is 8.60. The SMILES string of the molecule is CCC(Sc1cccc(NC(=O)/C(=C\c2ccc(OC)c(OC)c2)NC(=O)c2ccccc2)c1)C(=O)Nc1c(C)n(C)n(-c2ccccc2)c1=O. The molecule has 12 heteroatoms. The third-order valence-electron chi connectivity index (χ3n) is 8.08. The van der Waals surface area contributed by atoms with Crippen LogP contribution in [0.3, 0.4) is 0 Å². The van der Waals surface area contributed by atoms with Crippen molar-refractivity contribution in [1.82, 2.24) is 14.7 Å². The van der Waals surface area contributed by atoms with E-state index in [4.69, 9.17) is 9.47 Å². The molecule has 1 aromatic heterocycles. The summed E-state index contributed by atoms with van der Waals surface area (Å²) in [7, 11) is 4.81. The summed E-state index contributed by atoms with van der Waals surface area (Å²) < 4.78 is 14.0. The Labute approximate surface area is 300 Å². The van der Waals surface area contributed by atoms with E-state index in [1.807, 2.05) is 43.3 Å². The number of thioether (sulfide) groups is 1. The Hall–Kier alpha value is -6.01. The number of nitrogens with zero attached hydrogens (tertiary/aromatic N) is 2. The van der Waals surface area contributed by atoms with E-state index in [0.717, 1.165) is 4.90 Å². The number of carbonyl (C=O) groups is 3. The van der Waals surface area contributed by atoms with Gasteiger partial charge in [-0.05, 0) is 79.6 Å². The number of hydrogen-bond acceptors (Lipinski definition) is 7. The fraction of sp³-hybridized carbons (Fsp3) is 0.179. The first-order valence-corrected chi connectivity index (χ1v) is 17.0. The molecule has 0 aliphatic carbocycles. The van der Waals surface area contributed by atoms with Gasteiger partial charge in [0.25, 0.3) is 17.4 Å². The lowest BCUT2D eigenvalue weighted by molar-refractivity contribution is -0.116. The molecule has 51 heavy (non-hydrogen) atoms. The molecule has 0 saturated heterocycles. The summed E-state index contributed by atoms with van der Waals surface area (Å²) in [5.41, 5.74) is 2.64. The number of nitrogens with one attached hydrogen (secondary N) is 3. The smallest absolute Gasteiger partial charge is 0.295 e. The van der Waals surface area contributed by atoms with Gasteiger partial charge in [-0.25, -0.2) is 4.68 Å². The van der Waals surface area contributed by atoms with Gasteiger partial charge in [0.2, 0.25) is 5.91 Å². The second-order valence-corrected chi connectivity index (χ2v) is 12.7. The number of methoxy groups -OCH3 is 2. The molecule has 0 spiro atoms. The van der Waals surface area contributed by atoms with E-state index >= 15 is 0 Å². The predicted molar refractivity (Wildman–Crippen MR) is 201 cm³/mol. The quantitative estimate of drug-likeness (QED) is 0.0952. The van der Waals surface area contributed by atoms with Gasteiger partial charge >= 0.3 is 0 Å². The maximum absolute atomic E-state index is 13.7. The minimum atomic E-state index is -0.560. The maximum atomic E-state index is 13.7. The molecule has 0 radical (unpaired) electrons. The largest absolute Gasteiger partial charge is 0.493 e. The van der Waals surface area contributed by atoms with E-state index in [0.29, 0.717) is 46.1 Å². The normalized spacial score (nSPS) is 11.7. The minimum Gasteiger partial charge on any atom is -0.493 e. The predicted octanol–water partition coefficient (Wildman–Crippen LogP) is 6.42. The molecule has 4 aromatic carbocycles. The number of carbonyl (C=O) groups excluding carboxylic acids is 3. The first kappa shape index (κ1) is 36.3. The molecule has 1 unspecified atom stereocenters. The zero-order valence-corrected chi connectivity index (χ0v) is 29.7. The number of aromatic nitrogens is 2. The van der Waals surface area contributed by atoms with E-state index in [1.165, 1.54) is 30.7 Å². The summed E-state index contributed by atoms with van der Waals surface area (Å²) in [6.45, 7) is 3.68. The second-order valence-electron chi connectivity index (χ2n) is 11.4. The topological polar surface area (TPSA) is 133 Å². The minimum absolute atomic E-state index is 0.000619. The van der Waals surface area contributed by atoms with Crippen LogP contribution in [0, 0.1) is 6.92 Å². The lowest BCUT2D eigenvalue weighted by Gasteiger charge is -2.16. The van der Waals surface area contributed by atoms with Gasteiger partial charge in [-0.3, -0.25) is 23.9 Å². The van der Waals surface area contributed by atoms with Gasteiger partial charge in [-0.1, -0.05) is 55.5 Å². The summed E-state index contributed by atoms with van der Waals surface area (Å²) in [4.78, 5) is 54.4. The molecule has 5 aromatic rings. The van der Waals surface area contributed by atoms with Gasteiger partial charge in [0.1, 0.15) is 11.4 Å². The van der Waals surface area contributed by atoms with Crippen molar-refractivity contribution in [2.75, 3.05) is 24.9 Å². The van der Waals surface area contributed by atoms with Crippen molar-refractivity contribution in [3.63, 3.8) is 0 Å². The molecule has 3 amide bonds. The van der Waals surface area contributed by atoms with E-state index < -0.39 is 17.1 Å². The number of amides is 3. The van der Waals surface area contributed by atoms with Crippen LogP contribution < -0.4 is 31.0 Å². The summed E-state index contributed by atoms with van der Waals surface area (Å²) >= 11 is 1.31. The van der Waals surface area contributed by atoms with Crippen LogP contribution in [0.4, 0.5) is 11.4 Å². The van der Waals surface area contributed by atoms with Gasteiger partial charge in [0.05, 0.1) is 30.9 Å². The Balaban J connectivity index is 1.34. The number of hydrogen-bond donors (Lipinski definition) is 3. The van der Waals surface area contributed by atoms with Crippen LogP contribution in [-0.4, -0.2) is 46.6 Å². The average Bonchev–Trinajstić information content (AvgIpc) is 3.36. The van der Waals surface area contributed by atoms with Crippen molar-refractivity contribution in [1.29, 1.82) is 0 Å². The lowest BCUT2D eigenvalue weighted by Crippen LogP contribution is -2.30. The monoisotopic (exact) mass is 705 g/mol. The van der Waals surface area contributed by atoms with Crippen molar-refractivity contribution >= 4 is 46.9 Å². The Kier molecular flexibility index (Phi) is 11.8. The Morgan fingerprint density at radius 1 is 0.843 bits per heavy atom. The standard InChI is InChI=1S/C39H39N5O6S/c1-6-34(38(47)42-35-25(2)43(3)44(39(35)48)29-17-11-8-12-18-29)51-30-19-13-16-28(24-30)40-37(46)31(41-36(45)27-14-9-7-10-15-27)22-26-20-21-32(49-4)33(23-26)50-5/h7-24,34H,6H2,1-5H3,(H,40,46)(H,41,45)(H,42,47)/b31-22+. The van der Waals surface area contributed by atoms with Gasteiger partial charge < -0.3 is 25.4 Å². The van der Waals surface area contributed by atoms with Crippen molar-refractivity contribution in [3.8, 4) is 17.2 Å². The van der Waals surface area contributed by atoms with Crippen molar-refractivity contribution < 1.29 is 23.9 Å². The second kappa shape index (κ2) is 16.6. The average molecular weight is 706 g/mol. The van der Waals surface area contributed by atoms with Crippen LogP contribution in [-0.2, 0) is 16.6 Å². The zero-order chi connectivity index (χ0) is 36.5. The number of para-hydroxylation sites is 1. The highest BCUT2D eigenvalue weighted by Gasteiger charge is 2.24. The first-order chi connectivity index (χ1) is 24.6. The molecular weight excluding hydrogens is 667 g/mol. The molecule has 0 saturated carbocycles. The fourth-order valence-electron chi connectivity index (χ4n) is 5.30. The van der Waals surface area contributed by atoms with Gasteiger partial charge in [-0.2, -0.15) is 0 Å². The molecule has 262 valence electrons. The Morgan fingerprint density at radius 2 is 1.53 bits per heavy atom. The maximum Gasteiger partial charge on any atom is 0.295 e. The highest BCUT2D eigenvalue weighted by Crippen LogP contribution is 2.30. The van der Waals surface area contributed by atoms with Crippen LogP contribution in [0.25, 0.3) is 11.8 Å². The number of benzene rings is 4. The van der Waals surface area contributed by atoms with E-state index in [9.17, 15) is 19.2 Å². The molecule has 5 rings (SSSR count). The molecule has 11 nitrogen and oxygen atoms in total. The van der Waals surface area contributed by atoms with Crippen LogP contribution in [0.15, 0.2) is 119 Å². The van der Waals surface area contributed by atoms with E-state index in [-0.39, 0.29) is 22.9 Å². The zero-order valence-electron chi connectivity index (χ0n) is 28.9. The highest BCUT2D eigenvalue weighted by molar-refractivity contribution is 8.00. The molecule has 0 aliphatic rings. The Bertz CT molecular complexity index is 2130.